The largest absolute Gasteiger partial charge is 0.463 e. The number of terminal acetylenes is 2. The molecule has 0 radical (unpaired) electrons. The molecular formula is C48H41ClF2N10O4. The second kappa shape index (κ2) is 23.4. The maximum absolute atomic E-state index is 13.4. The highest BCUT2D eigenvalue weighted by Gasteiger charge is 2.16. The molecule has 4 aromatic heterocycles. The van der Waals surface area contributed by atoms with Crippen LogP contribution in [0.4, 0.5) is 8.78 Å². The number of amides is 2. The van der Waals surface area contributed by atoms with Crippen molar-refractivity contribution >= 4 is 45.5 Å². The smallest absolute Gasteiger partial charge is 0.251 e. The minimum absolute atomic E-state index is 0.0207. The van der Waals surface area contributed by atoms with Crippen LogP contribution in [0.25, 0.3) is 44.6 Å². The fraction of sp³-hybridized carbons (Fsp3) is 0.167. The first-order valence-corrected chi connectivity index (χ1v) is 20.5. The molecule has 5 N–H and O–H groups in total. The molecule has 14 nitrogen and oxygen atoms in total. The molecule has 0 aliphatic carbocycles. The Balaban J connectivity index is 0.000000200. The van der Waals surface area contributed by atoms with Gasteiger partial charge in [0.05, 0.1) is 22.1 Å². The van der Waals surface area contributed by atoms with Gasteiger partial charge in [-0.05, 0) is 97.8 Å². The second-order valence-electron chi connectivity index (χ2n) is 13.8. The molecule has 328 valence electrons. The van der Waals surface area contributed by atoms with Gasteiger partial charge in [-0.2, -0.15) is 0 Å². The molecule has 0 saturated carbocycles. The van der Waals surface area contributed by atoms with Crippen LogP contribution in [-0.2, 0) is 12.8 Å². The SMILES string of the molecule is C#CCO.C#CCOc1nc2ccc(C(=O)NCCCc3ncc[nH]3)cc2nc1-c1ccc(F)cc1.O=C(NCCCc1ncc[nH]1)c1ccc2nc(Cl)c(-c3ccc(F)cc3)nc2c1. The number of halogens is 3. The average Bonchev–Trinajstić information content (AvgIpc) is 4.06. The van der Waals surface area contributed by atoms with Crippen molar-refractivity contribution in [2.24, 2.45) is 0 Å². The van der Waals surface area contributed by atoms with Crippen LogP contribution in [0.3, 0.4) is 0 Å². The normalized spacial score (nSPS) is 10.4. The number of carbonyl (C=O) groups excluding carboxylic acids is 2. The standard InChI is InChI=1S/C24H20FN5O2.C21H17ClFN5O.C3H4O/c1-2-14-32-24-22(16-5-8-18(25)9-6-16)29-20-15-17(7-10-19(20)30-24)23(31)28-11-3-4-21-26-12-13-27-21;22-20-19(13-3-6-15(23)7-4-13)27-17-12-14(5-8-16(17)28-20)21(29)26-9-1-2-18-24-10-11-25-18;1-2-3-4/h1,5-10,12-13,15H,3-4,11,14H2,(H,26,27)(H,28,31);3-8,10-12H,1-2,9H2,(H,24,25)(H,26,29);1,4H,3H2. The molecule has 0 aliphatic rings. The highest BCUT2D eigenvalue weighted by Crippen LogP contribution is 2.30. The summed E-state index contributed by atoms with van der Waals surface area (Å²) in [5, 5.41) is 13.7. The molecular weight excluding hydrogens is 854 g/mol. The van der Waals surface area contributed by atoms with E-state index in [9.17, 15) is 18.4 Å². The third-order valence-electron chi connectivity index (χ3n) is 9.26. The van der Waals surface area contributed by atoms with E-state index in [2.05, 4.69) is 62.8 Å². The summed E-state index contributed by atoms with van der Waals surface area (Å²) in [6, 6.07) is 21.8. The number of nitrogens with zero attached hydrogens (tertiary/aromatic N) is 6. The van der Waals surface area contributed by atoms with E-state index in [1.165, 1.54) is 24.3 Å². The van der Waals surface area contributed by atoms with Crippen molar-refractivity contribution in [1.29, 1.82) is 0 Å². The van der Waals surface area contributed by atoms with E-state index in [1.54, 1.807) is 85.5 Å². The first-order chi connectivity index (χ1) is 31.6. The van der Waals surface area contributed by atoms with Gasteiger partial charge in [0.15, 0.2) is 11.8 Å². The number of benzene rings is 4. The molecule has 0 atom stereocenters. The molecule has 65 heavy (non-hydrogen) atoms. The Morgan fingerprint density at radius 2 is 1.14 bits per heavy atom. The number of rotatable bonds is 14. The maximum Gasteiger partial charge on any atom is 0.251 e. The number of ether oxygens (including phenoxy) is 1. The maximum atomic E-state index is 13.4. The van der Waals surface area contributed by atoms with Crippen molar-refractivity contribution in [3.63, 3.8) is 0 Å². The molecule has 4 heterocycles. The summed E-state index contributed by atoms with van der Waals surface area (Å²) in [5.74, 6) is 5.32. The van der Waals surface area contributed by atoms with Gasteiger partial charge in [0, 0.05) is 73.0 Å². The number of nitrogens with one attached hydrogen (secondary N) is 4. The molecule has 0 saturated heterocycles. The summed E-state index contributed by atoms with van der Waals surface area (Å²) in [6.07, 6.45) is 19.8. The van der Waals surface area contributed by atoms with Crippen LogP contribution >= 0.6 is 11.6 Å². The number of fused-ring (bicyclic) bond motifs is 2. The molecule has 0 fully saturated rings. The highest BCUT2D eigenvalue weighted by atomic mass is 35.5. The van der Waals surface area contributed by atoms with E-state index < -0.39 is 0 Å². The zero-order valence-corrected chi connectivity index (χ0v) is 35.4. The molecule has 0 spiro atoms. The van der Waals surface area contributed by atoms with Crippen LogP contribution in [0.5, 0.6) is 5.88 Å². The Bertz CT molecular complexity index is 2920. The van der Waals surface area contributed by atoms with Gasteiger partial charge in [-0.1, -0.05) is 23.4 Å². The van der Waals surface area contributed by atoms with Gasteiger partial charge in [-0.15, -0.1) is 12.8 Å². The third-order valence-corrected chi connectivity index (χ3v) is 9.52. The zero-order chi connectivity index (χ0) is 46.0. The Labute approximate surface area is 377 Å². The van der Waals surface area contributed by atoms with E-state index in [1.807, 2.05) is 5.92 Å². The van der Waals surface area contributed by atoms with Crippen molar-refractivity contribution in [3.8, 4) is 53.1 Å². The molecule has 0 aliphatic heterocycles. The number of hydrogen-bond acceptors (Lipinski definition) is 10. The molecule has 17 heteroatoms. The quantitative estimate of drug-likeness (QED) is 0.0545. The minimum Gasteiger partial charge on any atom is -0.463 e. The summed E-state index contributed by atoms with van der Waals surface area (Å²) in [7, 11) is 0. The number of carbonyl (C=O) groups is 2. The summed E-state index contributed by atoms with van der Waals surface area (Å²) in [4.78, 5) is 57.4. The van der Waals surface area contributed by atoms with Crippen molar-refractivity contribution in [2.45, 2.75) is 25.7 Å². The number of H-pyrrole nitrogens is 2. The Morgan fingerprint density at radius 3 is 1.60 bits per heavy atom. The van der Waals surface area contributed by atoms with Gasteiger partial charge in [0.25, 0.3) is 11.8 Å². The number of aromatic nitrogens is 8. The molecule has 8 aromatic rings. The van der Waals surface area contributed by atoms with Crippen LogP contribution < -0.4 is 15.4 Å². The van der Waals surface area contributed by atoms with Gasteiger partial charge in [-0.25, -0.2) is 38.7 Å². The van der Waals surface area contributed by atoms with Crippen molar-refractivity contribution in [3.05, 3.63) is 149 Å². The van der Waals surface area contributed by atoms with Crippen molar-refractivity contribution in [1.82, 2.24) is 50.5 Å². The van der Waals surface area contributed by atoms with E-state index in [0.717, 1.165) is 37.3 Å². The molecule has 0 unspecified atom stereocenters. The third kappa shape index (κ3) is 13.2. The Kier molecular flexibility index (Phi) is 16.7. The van der Waals surface area contributed by atoms with Crippen LogP contribution in [0.2, 0.25) is 5.15 Å². The lowest BCUT2D eigenvalue weighted by atomic mass is 10.1. The topological polar surface area (TPSA) is 197 Å². The number of hydrogen-bond donors (Lipinski definition) is 5. The predicted molar refractivity (Wildman–Crippen MR) is 244 cm³/mol. The van der Waals surface area contributed by atoms with Gasteiger partial charge in [0.1, 0.15) is 41.3 Å². The first-order valence-electron chi connectivity index (χ1n) is 20.1. The highest BCUT2D eigenvalue weighted by molar-refractivity contribution is 6.32. The Hall–Kier alpha value is -8.05. The number of aromatic amines is 2. The lowest BCUT2D eigenvalue weighted by molar-refractivity contribution is 0.0945. The van der Waals surface area contributed by atoms with E-state index >= 15 is 0 Å². The predicted octanol–water partition coefficient (Wildman–Crippen LogP) is 7.32. The van der Waals surface area contributed by atoms with Crippen LogP contribution in [0.1, 0.15) is 45.2 Å². The first kappa shape index (κ1) is 46.5. The van der Waals surface area contributed by atoms with Gasteiger partial charge in [0.2, 0.25) is 5.88 Å². The number of aliphatic hydroxyl groups excluding tert-OH is 1. The van der Waals surface area contributed by atoms with Gasteiger partial charge >= 0.3 is 0 Å². The average molecular weight is 895 g/mol. The number of aryl methyl sites for hydroxylation is 2. The monoisotopic (exact) mass is 894 g/mol. The fourth-order valence-corrected chi connectivity index (χ4v) is 6.38. The summed E-state index contributed by atoms with van der Waals surface area (Å²) in [5.41, 5.74) is 5.27. The van der Waals surface area contributed by atoms with Crippen LogP contribution in [0.15, 0.2) is 110 Å². The lowest BCUT2D eigenvalue weighted by Crippen LogP contribution is -2.24. The Morgan fingerprint density at radius 1 is 0.662 bits per heavy atom. The van der Waals surface area contributed by atoms with Gasteiger partial charge in [-0.3, -0.25) is 9.59 Å². The fourth-order valence-electron chi connectivity index (χ4n) is 6.14. The zero-order valence-electron chi connectivity index (χ0n) is 34.7. The lowest BCUT2D eigenvalue weighted by Gasteiger charge is -2.11. The molecule has 2 amide bonds. The number of aliphatic hydroxyl groups is 1. The molecule has 4 aromatic carbocycles. The minimum atomic E-state index is -0.361. The van der Waals surface area contributed by atoms with E-state index in [0.29, 0.717) is 68.8 Å². The summed E-state index contributed by atoms with van der Waals surface area (Å²) >= 11 is 6.25. The van der Waals surface area contributed by atoms with E-state index in [-0.39, 0.29) is 47.7 Å². The van der Waals surface area contributed by atoms with Crippen LogP contribution in [0, 0.1) is 36.3 Å². The van der Waals surface area contributed by atoms with E-state index in [4.69, 9.17) is 27.9 Å². The van der Waals surface area contributed by atoms with Crippen LogP contribution in [-0.4, -0.2) is 83.1 Å². The van der Waals surface area contributed by atoms with Crippen molar-refractivity contribution < 1.29 is 28.2 Å². The second-order valence-corrected chi connectivity index (χ2v) is 14.2. The van der Waals surface area contributed by atoms with Gasteiger partial charge < -0.3 is 30.4 Å². The summed E-state index contributed by atoms with van der Waals surface area (Å²) in [6.45, 7) is 0.917. The number of imidazole rings is 2. The molecule has 0 bridgehead atoms. The van der Waals surface area contributed by atoms with Crippen molar-refractivity contribution in [2.75, 3.05) is 26.3 Å². The molecule has 8 rings (SSSR count). The summed E-state index contributed by atoms with van der Waals surface area (Å²) < 4.78 is 32.1.